The maximum atomic E-state index is 13.3. The van der Waals surface area contributed by atoms with Crippen LogP contribution < -0.4 is 26.6 Å². The van der Waals surface area contributed by atoms with Gasteiger partial charge in [-0.3, -0.25) is 24.4 Å². The summed E-state index contributed by atoms with van der Waals surface area (Å²) in [7, 11) is 0. The first kappa shape index (κ1) is 53.8. The summed E-state index contributed by atoms with van der Waals surface area (Å²) in [6.45, 7) is 2.80. The molecular formula is C58H58Cl2F2N8O5. The van der Waals surface area contributed by atoms with E-state index in [0.717, 1.165) is 48.7 Å². The van der Waals surface area contributed by atoms with E-state index in [1.165, 1.54) is 69.9 Å². The molecule has 4 bridgehead atoms. The second-order valence-electron chi connectivity index (χ2n) is 19.0. The Morgan fingerprint density at radius 3 is 1.47 bits per heavy atom. The van der Waals surface area contributed by atoms with Crippen LogP contribution in [0.15, 0.2) is 134 Å². The summed E-state index contributed by atoms with van der Waals surface area (Å²) in [5.74, 6) is -2.05. The molecular weight excluding hydrogens is 998 g/mol. The molecule has 2 aromatic heterocycles. The van der Waals surface area contributed by atoms with Crippen molar-refractivity contribution in [1.29, 1.82) is 0 Å². The van der Waals surface area contributed by atoms with E-state index in [0.29, 0.717) is 67.6 Å². The minimum atomic E-state index is -1.08. The standard InChI is InChI=1S/C29H28ClFN4O2.C16H13ClN2O3.C13H17FN2/c1-18(36)33-28-17-26(30)25(27-4-2-3-13-32-27)14-19(28)5-12-29(37)35-23-10-11-24(35)16-22(15-23)34-21-8-6-20(31)7-9-21;1-10(20)19-15-9-13(17)12(14-4-2-3-7-18-14)8-11(15)5-6-16(21)22;14-9-1-3-10(4-2-9)15-13-7-11-5-6-12(8-13)16-11/h2-9,12-14,17,22-24,34H,10-11,15-16H2,1H3,(H,33,36);2-9H,1H3,(H,19,20)(H,21,22);1-4,11-13,15-16H,5-8H2/b12-5+;6-5+;/t22?,23-,24+;;11-,12+,13?. The van der Waals surface area contributed by atoms with Crippen LogP contribution in [0.25, 0.3) is 34.7 Å². The predicted molar refractivity (Wildman–Crippen MR) is 293 cm³/mol. The number of nitrogens with one attached hydrogen (secondary N) is 5. The van der Waals surface area contributed by atoms with Crippen molar-refractivity contribution >= 4 is 81.8 Å². The second-order valence-corrected chi connectivity index (χ2v) is 19.9. The third kappa shape index (κ3) is 14.9. The van der Waals surface area contributed by atoms with Gasteiger partial charge in [0, 0.05) is 109 Å². The van der Waals surface area contributed by atoms with Crippen LogP contribution in [-0.4, -0.2) is 79.9 Å². The summed E-state index contributed by atoms with van der Waals surface area (Å²) < 4.78 is 26.0. The van der Waals surface area contributed by atoms with Crippen LogP contribution in [0.1, 0.15) is 76.3 Å². The molecule has 0 aliphatic carbocycles. The zero-order valence-electron chi connectivity index (χ0n) is 41.4. The minimum Gasteiger partial charge on any atom is -0.478 e. The molecule has 10 rings (SSSR count). The summed E-state index contributed by atoms with van der Waals surface area (Å²) >= 11 is 12.8. The van der Waals surface area contributed by atoms with Crippen LogP contribution >= 0.6 is 23.2 Å². The number of nitrogens with zero attached hydrogens (tertiary/aromatic N) is 3. The van der Waals surface area contributed by atoms with Crippen LogP contribution in [0.3, 0.4) is 0 Å². The number of aliphatic carboxylic acids is 1. The molecule has 4 saturated heterocycles. The molecule has 4 aliphatic heterocycles. The second kappa shape index (κ2) is 25.2. The Labute approximate surface area is 444 Å². The van der Waals surface area contributed by atoms with Crippen molar-refractivity contribution in [3.05, 3.63) is 167 Å². The molecule has 2 unspecified atom stereocenters. The molecule has 13 nitrogen and oxygen atoms in total. The van der Waals surface area contributed by atoms with Gasteiger partial charge in [0.25, 0.3) is 0 Å². The molecule has 6 aromatic rings. The van der Waals surface area contributed by atoms with Crippen molar-refractivity contribution in [3.63, 3.8) is 0 Å². The highest BCUT2D eigenvalue weighted by Gasteiger charge is 2.42. The highest BCUT2D eigenvalue weighted by atomic mass is 35.5. The Balaban J connectivity index is 0.000000166. The molecule has 4 aliphatic rings. The number of pyridine rings is 2. The first-order valence-electron chi connectivity index (χ1n) is 24.9. The van der Waals surface area contributed by atoms with E-state index in [2.05, 4.69) is 36.6 Å². The number of hydrogen-bond donors (Lipinski definition) is 6. The van der Waals surface area contributed by atoms with Gasteiger partial charge in [0.05, 0.1) is 21.4 Å². The normalized spacial score (nSPS) is 20.3. The van der Waals surface area contributed by atoms with Gasteiger partial charge in [-0.05, 0) is 172 Å². The quantitative estimate of drug-likeness (QED) is 0.0647. The Morgan fingerprint density at radius 1 is 0.613 bits per heavy atom. The van der Waals surface area contributed by atoms with Crippen molar-refractivity contribution in [1.82, 2.24) is 20.2 Å². The topological polar surface area (TPSA) is 178 Å². The van der Waals surface area contributed by atoms with Crippen LogP contribution in [0, 0.1) is 11.6 Å². The van der Waals surface area contributed by atoms with Crippen LogP contribution in [0.5, 0.6) is 0 Å². The molecule has 17 heteroatoms. The largest absolute Gasteiger partial charge is 0.478 e. The Kier molecular flexibility index (Phi) is 18.1. The Hall–Kier alpha value is -7.46. The molecule has 6 atom stereocenters. The van der Waals surface area contributed by atoms with E-state index in [1.807, 2.05) is 47.4 Å². The molecule has 0 saturated carbocycles. The average Bonchev–Trinajstić information content (AvgIpc) is 3.87. The number of hydrogen-bond acceptors (Lipinski definition) is 9. The van der Waals surface area contributed by atoms with Crippen molar-refractivity contribution in [2.75, 3.05) is 21.3 Å². The zero-order chi connectivity index (χ0) is 53.0. The van der Waals surface area contributed by atoms with Crippen LogP contribution in [0.4, 0.5) is 31.5 Å². The number of amides is 3. The number of aromatic nitrogens is 2. The van der Waals surface area contributed by atoms with E-state index < -0.39 is 5.97 Å². The number of fused-ring (bicyclic) bond motifs is 4. The van der Waals surface area contributed by atoms with Crippen molar-refractivity contribution in [2.24, 2.45) is 0 Å². The van der Waals surface area contributed by atoms with Gasteiger partial charge >= 0.3 is 5.97 Å². The fourth-order valence-electron chi connectivity index (χ4n) is 10.3. The molecule has 0 radical (unpaired) electrons. The van der Waals surface area contributed by atoms with E-state index in [4.69, 9.17) is 28.3 Å². The SMILES string of the molecule is CC(=O)Nc1cc(Cl)c(-c2ccccn2)cc1/C=C/C(=O)N1[C@@H]2CC[C@H]1CC(Nc1ccc(F)cc1)C2.CC(=O)Nc1cc(Cl)c(-c2ccccn2)cc1/C=C/C(=O)O.Fc1ccc(NC2C[C@H]3CC[C@@H](C2)N3)cc1. The smallest absolute Gasteiger partial charge is 0.328 e. The summed E-state index contributed by atoms with van der Waals surface area (Å²) in [5, 5.41) is 25.7. The number of halogens is 4. The maximum Gasteiger partial charge on any atom is 0.328 e. The first-order valence-corrected chi connectivity index (χ1v) is 25.7. The number of rotatable bonds is 12. The fourth-order valence-corrected chi connectivity index (χ4v) is 10.8. The van der Waals surface area contributed by atoms with E-state index >= 15 is 0 Å². The molecule has 4 fully saturated rings. The van der Waals surface area contributed by atoms with E-state index in [1.54, 1.807) is 67.0 Å². The Morgan fingerprint density at radius 2 is 1.05 bits per heavy atom. The number of carboxylic acids is 1. The van der Waals surface area contributed by atoms with Crippen molar-refractivity contribution in [3.8, 4) is 22.5 Å². The average molecular weight is 1060 g/mol. The first-order chi connectivity index (χ1) is 36.1. The lowest BCUT2D eigenvalue weighted by atomic mass is 9.96. The Bertz CT molecular complexity index is 3010. The highest BCUT2D eigenvalue weighted by molar-refractivity contribution is 6.34. The lowest BCUT2D eigenvalue weighted by molar-refractivity contribution is -0.131. The third-order valence-electron chi connectivity index (χ3n) is 13.5. The number of benzene rings is 4. The maximum absolute atomic E-state index is 13.3. The molecule has 0 spiro atoms. The minimum absolute atomic E-state index is 0.0455. The van der Waals surface area contributed by atoms with Gasteiger partial charge in [0.1, 0.15) is 11.6 Å². The molecule has 6 N–H and O–H groups in total. The van der Waals surface area contributed by atoms with Gasteiger partial charge in [-0.1, -0.05) is 35.3 Å². The van der Waals surface area contributed by atoms with E-state index in [9.17, 15) is 28.0 Å². The highest BCUT2D eigenvalue weighted by Crippen LogP contribution is 2.39. The number of carboxylic acid groups (broad SMARTS) is 1. The lowest BCUT2D eigenvalue weighted by Crippen LogP contribution is -2.49. The van der Waals surface area contributed by atoms with Gasteiger partial charge in [-0.15, -0.1) is 0 Å². The van der Waals surface area contributed by atoms with Gasteiger partial charge in [-0.2, -0.15) is 0 Å². The number of anilines is 4. The zero-order valence-corrected chi connectivity index (χ0v) is 42.9. The van der Waals surface area contributed by atoms with E-state index in [-0.39, 0.29) is 47.5 Å². The number of carbonyl (C=O) groups excluding carboxylic acids is 3. The van der Waals surface area contributed by atoms with Crippen molar-refractivity contribution < 1.29 is 33.1 Å². The summed E-state index contributed by atoms with van der Waals surface area (Å²) in [5.41, 5.74) is 6.84. The van der Waals surface area contributed by atoms with Gasteiger partial charge in [0.2, 0.25) is 17.7 Å². The van der Waals surface area contributed by atoms with Gasteiger partial charge in [-0.25, -0.2) is 13.6 Å². The molecule has 3 amide bonds. The number of carbonyl (C=O) groups is 4. The summed E-state index contributed by atoms with van der Waals surface area (Å²) in [6.07, 6.45) is 17.7. The molecule has 6 heterocycles. The molecule has 75 heavy (non-hydrogen) atoms. The van der Waals surface area contributed by atoms with Crippen LogP contribution in [0.2, 0.25) is 10.0 Å². The lowest BCUT2D eigenvalue weighted by Gasteiger charge is -2.39. The summed E-state index contributed by atoms with van der Waals surface area (Å²) in [4.78, 5) is 57.7. The monoisotopic (exact) mass is 1050 g/mol. The fraction of sp³-hybridized carbons (Fsp3) is 0.276. The van der Waals surface area contributed by atoms with Crippen molar-refractivity contribution in [2.45, 2.75) is 101 Å². The summed E-state index contributed by atoms with van der Waals surface area (Å²) in [6, 6.07) is 33.3. The van der Waals surface area contributed by atoms with Gasteiger partial charge < -0.3 is 36.6 Å². The predicted octanol–water partition coefficient (Wildman–Crippen LogP) is 12.1. The third-order valence-corrected chi connectivity index (χ3v) is 14.1. The van der Waals surface area contributed by atoms with Crippen LogP contribution in [-0.2, 0) is 19.2 Å². The van der Waals surface area contributed by atoms with Gasteiger partial charge in [0.15, 0.2) is 0 Å². The number of piperidine rings is 2. The molecule has 388 valence electrons. The molecule has 4 aromatic carbocycles.